The van der Waals surface area contributed by atoms with E-state index in [1.54, 1.807) is 0 Å². The van der Waals surface area contributed by atoms with Gasteiger partial charge in [-0.2, -0.15) is 0 Å². The molecule has 0 atom stereocenters. The van der Waals surface area contributed by atoms with Crippen molar-refractivity contribution >= 4 is 0 Å². The van der Waals surface area contributed by atoms with Gasteiger partial charge in [-0.3, -0.25) is 0 Å². The van der Waals surface area contributed by atoms with E-state index < -0.39 is 0 Å². The van der Waals surface area contributed by atoms with Gasteiger partial charge in [0.2, 0.25) is 0 Å². The average Bonchev–Trinajstić information content (AvgIpc) is 2.31. The molecule has 0 aliphatic heterocycles. The maximum absolute atomic E-state index is 2.24. The first-order valence-corrected chi connectivity index (χ1v) is 6.20. The normalized spacial score (nSPS) is 10.6. The summed E-state index contributed by atoms with van der Waals surface area (Å²) >= 11 is 0. The van der Waals surface area contributed by atoms with Gasteiger partial charge >= 0.3 is 0 Å². The molecule has 0 saturated heterocycles. The van der Waals surface area contributed by atoms with E-state index in [-0.39, 0.29) is 0 Å². The first kappa shape index (κ1) is 11.9. The van der Waals surface area contributed by atoms with E-state index in [4.69, 9.17) is 0 Å². The van der Waals surface area contributed by atoms with E-state index in [9.17, 15) is 0 Å². The van der Waals surface area contributed by atoms with Crippen LogP contribution in [-0.4, -0.2) is 0 Å². The minimum absolute atomic E-state index is 1.04. The van der Waals surface area contributed by atoms with Crippen LogP contribution in [0.25, 0.3) is 0 Å². The molecule has 0 aromatic heterocycles. The van der Waals surface area contributed by atoms with Crippen LogP contribution < -0.4 is 0 Å². The molecule has 2 aromatic rings. The third kappa shape index (κ3) is 2.41. The molecule has 0 heteroatoms. The Kier molecular flexibility index (Phi) is 3.33. The van der Waals surface area contributed by atoms with E-state index in [1.807, 2.05) is 0 Å². The first-order valence-electron chi connectivity index (χ1n) is 6.20. The lowest BCUT2D eigenvalue weighted by atomic mass is 9.93. The Morgan fingerprint density at radius 1 is 0.647 bits per heavy atom. The molecule has 0 N–H and O–H groups in total. The Balaban J connectivity index is 2.38. The number of hydrogen-bond donors (Lipinski definition) is 0. The van der Waals surface area contributed by atoms with Crippen LogP contribution in [0.1, 0.15) is 33.4 Å². The zero-order chi connectivity index (χ0) is 12.4. The number of benzene rings is 2. The minimum Gasteiger partial charge on any atom is -0.0617 e. The van der Waals surface area contributed by atoms with Gasteiger partial charge in [0, 0.05) is 0 Å². The van der Waals surface area contributed by atoms with Crippen LogP contribution in [0, 0.1) is 27.7 Å². The third-order valence-corrected chi connectivity index (χ3v) is 3.81. The molecule has 0 nitrogen and oxygen atoms in total. The fraction of sp³-hybridized carbons (Fsp3) is 0.294. The van der Waals surface area contributed by atoms with Gasteiger partial charge in [-0.15, -0.1) is 0 Å². The number of hydrogen-bond acceptors (Lipinski definition) is 0. The fourth-order valence-electron chi connectivity index (χ4n) is 2.21. The summed E-state index contributed by atoms with van der Waals surface area (Å²) in [6.45, 7) is 8.80. The highest BCUT2D eigenvalue weighted by atomic mass is 14.1. The van der Waals surface area contributed by atoms with Gasteiger partial charge in [0.15, 0.2) is 0 Å². The SMILES string of the molecule is Cc1cccc(Cc2cccc(C)c2C)c1C. The van der Waals surface area contributed by atoms with E-state index in [0.717, 1.165) is 6.42 Å². The Morgan fingerprint density at radius 3 is 1.47 bits per heavy atom. The summed E-state index contributed by atoms with van der Waals surface area (Å²) in [4.78, 5) is 0. The van der Waals surface area contributed by atoms with E-state index >= 15 is 0 Å². The molecule has 0 spiro atoms. The summed E-state index contributed by atoms with van der Waals surface area (Å²) in [5, 5.41) is 0. The molecule has 88 valence electrons. The summed E-state index contributed by atoms with van der Waals surface area (Å²) in [7, 11) is 0. The van der Waals surface area contributed by atoms with Gasteiger partial charge in [-0.25, -0.2) is 0 Å². The van der Waals surface area contributed by atoms with Crippen molar-refractivity contribution in [3.63, 3.8) is 0 Å². The van der Waals surface area contributed by atoms with Crippen LogP contribution in [-0.2, 0) is 6.42 Å². The van der Waals surface area contributed by atoms with Gasteiger partial charge in [0.1, 0.15) is 0 Å². The average molecular weight is 224 g/mol. The molecule has 0 saturated carbocycles. The quantitative estimate of drug-likeness (QED) is 0.704. The lowest BCUT2D eigenvalue weighted by molar-refractivity contribution is 1.10. The van der Waals surface area contributed by atoms with Crippen molar-refractivity contribution in [3.8, 4) is 0 Å². The summed E-state index contributed by atoms with van der Waals surface area (Å²) < 4.78 is 0. The first-order chi connectivity index (χ1) is 8.09. The molecule has 0 amide bonds. The van der Waals surface area contributed by atoms with Gasteiger partial charge in [0.25, 0.3) is 0 Å². The minimum atomic E-state index is 1.04. The molecule has 0 bridgehead atoms. The Hall–Kier alpha value is -1.56. The van der Waals surface area contributed by atoms with E-state index in [2.05, 4.69) is 64.1 Å². The van der Waals surface area contributed by atoms with Crippen LogP contribution in [0.5, 0.6) is 0 Å². The maximum Gasteiger partial charge on any atom is -0.00203 e. The fourth-order valence-corrected chi connectivity index (χ4v) is 2.21. The van der Waals surface area contributed by atoms with Crippen LogP contribution in [0.3, 0.4) is 0 Å². The van der Waals surface area contributed by atoms with Crippen LogP contribution in [0.2, 0.25) is 0 Å². The number of aryl methyl sites for hydroxylation is 2. The largest absolute Gasteiger partial charge is 0.0617 e. The molecule has 0 unspecified atom stereocenters. The Labute approximate surface area is 104 Å². The van der Waals surface area contributed by atoms with Crippen molar-refractivity contribution < 1.29 is 0 Å². The van der Waals surface area contributed by atoms with Gasteiger partial charge in [-0.05, 0) is 67.5 Å². The summed E-state index contributed by atoms with van der Waals surface area (Å²) in [5.74, 6) is 0. The maximum atomic E-state index is 2.24. The van der Waals surface area contributed by atoms with Crippen molar-refractivity contribution in [1.29, 1.82) is 0 Å². The summed E-state index contributed by atoms with van der Waals surface area (Å²) in [6, 6.07) is 13.2. The van der Waals surface area contributed by atoms with E-state index in [0.29, 0.717) is 0 Å². The molecule has 0 heterocycles. The zero-order valence-electron chi connectivity index (χ0n) is 11.2. The summed E-state index contributed by atoms with van der Waals surface area (Å²) in [5.41, 5.74) is 8.50. The van der Waals surface area contributed by atoms with Crippen molar-refractivity contribution in [3.05, 3.63) is 69.8 Å². The highest BCUT2D eigenvalue weighted by molar-refractivity contribution is 5.41. The predicted octanol–water partition coefficient (Wildman–Crippen LogP) is 4.51. The van der Waals surface area contributed by atoms with Crippen LogP contribution >= 0.6 is 0 Å². The van der Waals surface area contributed by atoms with Crippen molar-refractivity contribution in [2.24, 2.45) is 0 Å². The second-order valence-corrected chi connectivity index (χ2v) is 4.89. The van der Waals surface area contributed by atoms with Crippen LogP contribution in [0.15, 0.2) is 36.4 Å². The molecular weight excluding hydrogens is 204 g/mol. The van der Waals surface area contributed by atoms with Gasteiger partial charge in [0.05, 0.1) is 0 Å². The molecule has 0 fully saturated rings. The second-order valence-electron chi connectivity index (χ2n) is 4.89. The molecule has 2 rings (SSSR count). The molecule has 0 aliphatic carbocycles. The molecule has 17 heavy (non-hydrogen) atoms. The Bertz CT molecular complexity index is 486. The van der Waals surface area contributed by atoms with Crippen molar-refractivity contribution in [2.45, 2.75) is 34.1 Å². The smallest absolute Gasteiger partial charge is 0.00203 e. The third-order valence-electron chi connectivity index (χ3n) is 3.81. The Morgan fingerprint density at radius 2 is 1.06 bits per heavy atom. The predicted molar refractivity (Wildman–Crippen MR) is 74.6 cm³/mol. The highest BCUT2D eigenvalue weighted by Crippen LogP contribution is 2.20. The van der Waals surface area contributed by atoms with Crippen molar-refractivity contribution in [2.75, 3.05) is 0 Å². The lowest BCUT2D eigenvalue weighted by Crippen LogP contribution is -1.97. The molecule has 0 radical (unpaired) electrons. The molecule has 2 aromatic carbocycles. The molecular formula is C17H20. The van der Waals surface area contributed by atoms with Gasteiger partial charge in [-0.1, -0.05) is 36.4 Å². The van der Waals surface area contributed by atoms with Gasteiger partial charge < -0.3 is 0 Å². The molecule has 0 aliphatic rings. The van der Waals surface area contributed by atoms with Crippen LogP contribution in [0.4, 0.5) is 0 Å². The topological polar surface area (TPSA) is 0 Å². The summed E-state index contributed by atoms with van der Waals surface area (Å²) in [6.07, 6.45) is 1.04. The standard InChI is InChI=1S/C17H20/c1-12-7-5-9-16(14(12)3)11-17-10-6-8-13(2)15(17)4/h5-10H,11H2,1-4H3. The zero-order valence-corrected chi connectivity index (χ0v) is 11.2. The van der Waals surface area contributed by atoms with E-state index in [1.165, 1.54) is 33.4 Å². The monoisotopic (exact) mass is 224 g/mol. The second kappa shape index (κ2) is 4.75. The number of rotatable bonds is 2. The lowest BCUT2D eigenvalue weighted by Gasteiger charge is -2.12. The highest BCUT2D eigenvalue weighted by Gasteiger charge is 2.05. The van der Waals surface area contributed by atoms with Crippen molar-refractivity contribution in [1.82, 2.24) is 0 Å².